The van der Waals surface area contributed by atoms with E-state index in [2.05, 4.69) is 373 Å². The van der Waals surface area contributed by atoms with Crippen molar-refractivity contribution in [2.45, 2.75) is 13.3 Å². The lowest BCUT2D eigenvalue weighted by Gasteiger charge is -2.14. The first-order valence-corrected chi connectivity index (χ1v) is 42.0. The summed E-state index contributed by atoms with van der Waals surface area (Å²) in [6, 6.07) is 133. The molecule has 16 aromatic carbocycles. The first kappa shape index (κ1) is 83.5. The highest BCUT2D eigenvalue weighted by molar-refractivity contribution is 14.1. The minimum Gasteiger partial charge on any atom is -0.423 e. The monoisotopic (exact) mass is 2000 g/mol. The maximum absolute atomic E-state index is 8.65. The molecule has 0 spiro atoms. The van der Waals surface area contributed by atoms with Gasteiger partial charge in [-0.1, -0.05) is 320 Å². The average Bonchev–Trinajstić information content (AvgIpc) is 0.810. The number of rotatable bonds is 5. The van der Waals surface area contributed by atoms with Crippen LogP contribution in [-0.2, 0) is 6.42 Å². The molecule has 7 heterocycles. The Morgan fingerprint density at radius 2 is 0.482 bits per heavy atom. The summed E-state index contributed by atoms with van der Waals surface area (Å²) < 4.78 is 7.97. The van der Waals surface area contributed by atoms with Crippen molar-refractivity contribution in [1.29, 1.82) is 0 Å². The zero-order chi connectivity index (χ0) is 78.7. The highest BCUT2D eigenvalue weighted by Crippen LogP contribution is 2.39. The topological polar surface area (TPSA) is 131 Å². The van der Waals surface area contributed by atoms with E-state index < -0.39 is 7.12 Å². The molecule has 23 rings (SSSR count). The summed E-state index contributed by atoms with van der Waals surface area (Å²) in [6.45, 7) is 2.04. The van der Waals surface area contributed by atoms with Crippen molar-refractivity contribution in [1.82, 2.24) is 0 Å². The molecule has 16 aromatic rings. The van der Waals surface area contributed by atoms with Crippen LogP contribution in [0.25, 0.3) is 89.0 Å². The van der Waals surface area contributed by atoms with Crippen LogP contribution in [0.15, 0.2) is 411 Å². The van der Waals surface area contributed by atoms with E-state index in [0.29, 0.717) is 5.46 Å². The number of nitrogens with two attached hydrogens (primary N) is 3. The van der Waals surface area contributed by atoms with Crippen molar-refractivity contribution in [3.05, 3.63) is 434 Å². The van der Waals surface area contributed by atoms with E-state index in [9.17, 15) is 0 Å². The molecule has 0 atom stereocenters. The van der Waals surface area contributed by atoms with Crippen LogP contribution < -0.4 is 28.0 Å². The number of benzene rings is 16. The van der Waals surface area contributed by atoms with E-state index in [1.165, 1.54) is 102 Å². The van der Waals surface area contributed by atoms with Crippen molar-refractivity contribution < 1.29 is 10.0 Å². The van der Waals surface area contributed by atoms with E-state index >= 15 is 0 Å². The van der Waals surface area contributed by atoms with Gasteiger partial charge in [-0.15, -0.1) is 0 Å². The van der Waals surface area contributed by atoms with Crippen LogP contribution in [0.4, 0.5) is 28.4 Å². The van der Waals surface area contributed by atoms with Gasteiger partial charge in [-0.2, -0.15) is 0 Å². The molecule has 554 valence electrons. The van der Waals surface area contributed by atoms with Crippen molar-refractivity contribution in [2.24, 2.45) is 0 Å². The molecule has 6 nitrogen and oxygen atoms in total. The zero-order valence-corrected chi connectivity index (χ0v) is 73.3. The lowest BCUT2D eigenvalue weighted by molar-refractivity contribution is 0.426. The molecule has 7 aliphatic heterocycles. The summed E-state index contributed by atoms with van der Waals surface area (Å²) in [4.78, 5) is 0. The molecular formula is C98H78BBr5I2N4O2. The van der Waals surface area contributed by atoms with Crippen LogP contribution in [0.2, 0.25) is 0 Å². The second-order valence-electron chi connectivity index (χ2n) is 26.0. The maximum Gasteiger partial charge on any atom is 0.488 e. The van der Waals surface area contributed by atoms with Crippen molar-refractivity contribution >= 4 is 166 Å². The van der Waals surface area contributed by atoms with Crippen molar-refractivity contribution in [3.63, 3.8) is 0 Å². The zero-order valence-electron chi connectivity index (χ0n) is 61.0. The van der Waals surface area contributed by atoms with Gasteiger partial charge in [0.05, 0.1) is 0 Å². The van der Waals surface area contributed by atoms with Gasteiger partial charge < -0.3 is 32.6 Å². The number of nitrogens with one attached hydrogen (secondary N) is 1. The fourth-order valence-electron chi connectivity index (χ4n) is 12.1. The normalized spacial score (nSPS) is 10.6. The molecule has 0 saturated heterocycles. The van der Waals surface area contributed by atoms with Gasteiger partial charge in [0.2, 0.25) is 0 Å². The van der Waals surface area contributed by atoms with Crippen LogP contribution >= 0.6 is 125 Å². The second kappa shape index (κ2) is 42.4. The van der Waals surface area contributed by atoms with Crippen LogP contribution in [0.5, 0.6) is 0 Å². The Bertz CT molecular complexity index is 5010. The number of halogens is 7. The molecule has 7 aliphatic rings. The molecule has 0 aromatic heterocycles. The summed E-state index contributed by atoms with van der Waals surface area (Å²) in [6.07, 6.45) is 0.916. The summed E-state index contributed by atoms with van der Waals surface area (Å²) in [5.41, 5.74) is 45.4. The molecule has 0 fully saturated rings. The Morgan fingerprint density at radius 1 is 0.268 bits per heavy atom. The molecule has 112 heavy (non-hydrogen) atoms. The van der Waals surface area contributed by atoms with Gasteiger partial charge in [0, 0.05) is 57.9 Å². The van der Waals surface area contributed by atoms with Gasteiger partial charge in [-0.05, 0) is 317 Å². The summed E-state index contributed by atoms with van der Waals surface area (Å²) in [7, 11) is -1.37. The smallest absolute Gasteiger partial charge is 0.423 e. The molecule has 9 N–H and O–H groups in total. The van der Waals surface area contributed by atoms with Crippen molar-refractivity contribution in [2.75, 3.05) is 22.5 Å². The fourth-order valence-corrected chi connectivity index (χ4v) is 14.2. The molecule has 8 bridgehead atoms. The Balaban J connectivity index is 0.000000143. The Labute approximate surface area is 727 Å². The molecular weight excluding hydrogens is 1930 g/mol. The molecule has 0 saturated carbocycles. The standard InChI is InChI=1S/C37H27N.C18H12Br2.C18H16N2.C7H9N.C6H6BBrO2.C6H4Br2.C6H4I2/c1-3-7-36-30-17-21-32(22-18-30)38-33-23-19-31(20-24-33)37-8-4-2-6-35(37)29-15-11-27(12-16-29)25-26-9-13-28(14-10-26)34(36)5-1;2*19-15-9-5-13(6-10-15)17-3-1-2-4-18(17)14-7-11-16(20)12-8-14;1-6-2-4-7(8)5-3-6;8-6-3-1-5(2-4-6)7(9)10;2*7-5-3-1-2-4-6(5)8/h1-24,38H,25H2;1-12H;1-12H,19-20H2;2-5H,8H2,1H3;1-4,9-10H;2*1-4H. The Morgan fingerprint density at radius 3 is 0.723 bits per heavy atom. The first-order valence-electron chi connectivity index (χ1n) is 35.9. The van der Waals surface area contributed by atoms with E-state index in [1.54, 1.807) is 24.3 Å². The minimum absolute atomic E-state index is 0.503. The third-order valence-electron chi connectivity index (χ3n) is 18.0. The largest absolute Gasteiger partial charge is 0.488 e. The van der Waals surface area contributed by atoms with Gasteiger partial charge in [-0.25, -0.2) is 0 Å². The number of hydrogen-bond acceptors (Lipinski definition) is 6. The van der Waals surface area contributed by atoms with Crippen LogP contribution in [0.3, 0.4) is 0 Å². The number of anilines is 5. The highest BCUT2D eigenvalue weighted by Gasteiger charge is 2.14. The average molecular weight is 2010 g/mol. The SMILES string of the molecule is Brc1ccc(-c2ccccc2-c2ccc(Br)cc2)cc1.Brc1ccccc1Br.Cc1ccc(N)cc1.Ic1ccccc1I.Nc1ccc(-c2ccccc2-c2ccc(N)cc2)cc1.OB(O)c1ccc(Br)cc1.c1ccc2c(c1)-c1ccc(cc1)Cc1ccc(cc1)-c1ccccc1-c1ccc(cc1)Nc1ccc-2cc1. The third kappa shape index (κ3) is 24.8. The van der Waals surface area contributed by atoms with Crippen LogP contribution in [-0.4, -0.2) is 17.2 Å². The van der Waals surface area contributed by atoms with Gasteiger partial charge in [0.25, 0.3) is 0 Å². The Kier molecular flexibility index (Phi) is 31.6. The van der Waals surface area contributed by atoms with Gasteiger partial charge in [0.15, 0.2) is 0 Å². The van der Waals surface area contributed by atoms with Gasteiger partial charge >= 0.3 is 7.12 Å². The molecule has 0 aliphatic carbocycles. The van der Waals surface area contributed by atoms with E-state index in [4.69, 9.17) is 27.2 Å². The van der Waals surface area contributed by atoms with Crippen LogP contribution in [0, 0.1) is 14.1 Å². The predicted octanol–water partition coefficient (Wildman–Crippen LogP) is 28.5. The quantitative estimate of drug-likeness (QED) is 0.0578. The van der Waals surface area contributed by atoms with Crippen LogP contribution in [0.1, 0.15) is 16.7 Å². The summed E-state index contributed by atoms with van der Waals surface area (Å²) in [5, 5.41) is 20.9. The van der Waals surface area contributed by atoms with Crippen molar-refractivity contribution in [3.8, 4) is 89.0 Å². The fraction of sp³-hybridized carbons (Fsp3) is 0.0204. The predicted molar refractivity (Wildman–Crippen MR) is 513 cm³/mol. The minimum atomic E-state index is -1.37. The van der Waals surface area contributed by atoms with Gasteiger partial charge in [-0.3, -0.25) is 0 Å². The number of nitrogen functional groups attached to an aromatic ring is 3. The van der Waals surface area contributed by atoms with E-state index in [0.717, 1.165) is 68.3 Å². The lowest BCUT2D eigenvalue weighted by atomic mass is 9.81. The maximum atomic E-state index is 8.65. The van der Waals surface area contributed by atoms with E-state index in [-0.39, 0.29) is 0 Å². The van der Waals surface area contributed by atoms with Gasteiger partial charge in [0.1, 0.15) is 0 Å². The lowest BCUT2D eigenvalue weighted by Crippen LogP contribution is -2.29. The number of aryl methyl sites for hydroxylation is 1. The summed E-state index contributed by atoms with van der Waals surface area (Å²) >= 11 is 21.5. The number of hydrogen-bond donors (Lipinski definition) is 6. The second-order valence-corrected chi connectivity index (χ2v) is 32.7. The molecule has 0 amide bonds. The highest BCUT2D eigenvalue weighted by atomic mass is 127. The molecule has 0 radical (unpaired) electrons. The van der Waals surface area contributed by atoms with E-state index in [1.807, 2.05) is 128 Å². The third-order valence-corrected chi connectivity index (χ3v) is 24.4. The molecule has 14 heteroatoms. The molecule has 0 unspecified atom stereocenters. The first-order chi connectivity index (χ1) is 54.4. The Hall–Kier alpha value is -9.44. The summed E-state index contributed by atoms with van der Waals surface area (Å²) in [5.74, 6) is 0.